The van der Waals surface area contributed by atoms with E-state index in [1.807, 2.05) is 44.2 Å². The van der Waals surface area contributed by atoms with Crippen molar-refractivity contribution in [1.29, 1.82) is 0 Å². The summed E-state index contributed by atoms with van der Waals surface area (Å²) < 4.78 is 0. The Morgan fingerprint density at radius 2 is 1.95 bits per heavy atom. The number of benzene rings is 1. The number of hydrogen-bond acceptors (Lipinski definition) is 4. The molecule has 0 radical (unpaired) electrons. The van der Waals surface area contributed by atoms with Gasteiger partial charge < -0.3 is 21.2 Å². The van der Waals surface area contributed by atoms with Gasteiger partial charge in [0.1, 0.15) is 5.84 Å². The quantitative estimate of drug-likeness (QED) is 0.288. The number of nitrogens with zero attached hydrogens (tertiary/aromatic N) is 2. The van der Waals surface area contributed by atoms with Crippen LogP contribution >= 0.6 is 0 Å². The molecule has 1 aromatic carbocycles. The van der Waals surface area contributed by atoms with E-state index >= 15 is 0 Å². The minimum Gasteiger partial charge on any atom is -0.409 e. The zero-order chi connectivity index (χ0) is 15.7. The van der Waals surface area contributed by atoms with Crippen LogP contribution in [0.15, 0.2) is 35.5 Å². The minimum atomic E-state index is -0.263. The van der Waals surface area contributed by atoms with Gasteiger partial charge in [-0.1, -0.05) is 35.5 Å². The molecule has 4 N–H and O–H groups in total. The van der Waals surface area contributed by atoms with Crippen molar-refractivity contribution in [3.63, 3.8) is 0 Å². The topological polar surface area (TPSA) is 91.0 Å². The fraction of sp³-hybridized carbons (Fsp3) is 0.467. The number of likely N-dealkylation sites (N-methyl/N-ethyl adjacent to an activating group) is 1. The number of rotatable bonds is 8. The Balaban J connectivity index is 2.62. The van der Waals surface area contributed by atoms with Crippen LogP contribution < -0.4 is 11.1 Å². The molecule has 1 aromatic rings. The van der Waals surface area contributed by atoms with Crippen LogP contribution in [0.2, 0.25) is 0 Å². The zero-order valence-corrected chi connectivity index (χ0v) is 12.6. The van der Waals surface area contributed by atoms with Crippen molar-refractivity contribution in [2.24, 2.45) is 10.9 Å². The van der Waals surface area contributed by atoms with Crippen molar-refractivity contribution >= 4 is 11.7 Å². The second-order valence-electron chi connectivity index (χ2n) is 4.69. The Morgan fingerprint density at radius 3 is 2.48 bits per heavy atom. The van der Waals surface area contributed by atoms with Crippen molar-refractivity contribution in [3.8, 4) is 0 Å². The molecule has 116 valence electrons. The van der Waals surface area contributed by atoms with Gasteiger partial charge in [0.2, 0.25) is 5.91 Å². The van der Waals surface area contributed by atoms with Crippen LogP contribution in [0.3, 0.4) is 0 Å². The molecule has 0 aromatic heterocycles. The third-order valence-electron chi connectivity index (χ3n) is 3.42. The van der Waals surface area contributed by atoms with E-state index in [1.54, 1.807) is 4.90 Å². The van der Waals surface area contributed by atoms with E-state index in [-0.39, 0.29) is 24.2 Å². The van der Waals surface area contributed by atoms with Gasteiger partial charge in [-0.25, -0.2) is 0 Å². The molecule has 21 heavy (non-hydrogen) atoms. The van der Waals surface area contributed by atoms with Gasteiger partial charge in [0, 0.05) is 19.6 Å². The molecule has 6 nitrogen and oxygen atoms in total. The maximum Gasteiger partial charge on any atom is 0.236 e. The maximum atomic E-state index is 11.9. The van der Waals surface area contributed by atoms with Crippen LogP contribution in [0.1, 0.15) is 25.3 Å². The second kappa shape index (κ2) is 8.97. The molecular weight excluding hydrogens is 268 g/mol. The van der Waals surface area contributed by atoms with Gasteiger partial charge in [-0.2, -0.15) is 0 Å². The number of carbonyl (C=O) groups excluding carboxylic acids is 1. The third kappa shape index (κ3) is 5.07. The van der Waals surface area contributed by atoms with Crippen molar-refractivity contribution in [1.82, 2.24) is 10.2 Å². The van der Waals surface area contributed by atoms with E-state index in [2.05, 4.69) is 10.5 Å². The van der Waals surface area contributed by atoms with Crippen LogP contribution in [-0.4, -0.2) is 48.0 Å². The number of nitrogens with one attached hydrogen (secondary N) is 1. The Bertz CT molecular complexity index is 458. The summed E-state index contributed by atoms with van der Waals surface area (Å²) in [6, 6.07) is 9.53. The van der Waals surface area contributed by atoms with E-state index in [0.717, 1.165) is 5.56 Å². The summed E-state index contributed by atoms with van der Waals surface area (Å²) in [4.78, 5) is 13.7. The summed E-state index contributed by atoms with van der Waals surface area (Å²) >= 11 is 0. The lowest BCUT2D eigenvalue weighted by Gasteiger charge is -2.20. The predicted octanol–water partition coefficient (Wildman–Crippen LogP) is 0.975. The highest BCUT2D eigenvalue weighted by molar-refractivity contribution is 5.87. The molecule has 0 heterocycles. The smallest absolute Gasteiger partial charge is 0.236 e. The Kier molecular flexibility index (Phi) is 7.25. The van der Waals surface area contributed by atoms with Crippen LogP contribution in [0.5, 0.6) is 0 Å². The Hall–Kier alpha value is -2.08. The first-order valence-corrected chi connectivity index (χ1v) is 7.14. The molecule has 6 heteroatoms. The normalized spacial score (nSPS) is 13.0. The average molecular weight is 292 g/mol. The number of hydrogen-bond donors (Lipinski definition) is 3. The van der Waals surface area contributed by atoms with Crippen molar-refractivity contribution in [3.05, 3.63) is 35.9 Å². The molecule has 1 rings (SSSR count). The summed E-state index contributed by atoms with van der Waals surface area (Å²) in [5.74, 6) is -0.0870. The number of carbonyl (C=O) groups is 1. The van der Waals surface area contributed by atoms with Crippen LogP contribution in [0.4, 0.5) is 0 Å². The molecule has 1 amide bonds. The first-order valence-electron chi connectivity index (χ1n) is 7.14. The Morgan fingerprint density at radius 1 is 1.33 bits per heavy atom. The molecule has 0 spiro atoms. The van der Waals surface area contributed by atoms with Crippen LogP contribution in [0.25, 0.3) is 0 Å². The van der Waals surface area contributed by atoms with E-state index < -0.39 is 0 Å². The lowest BCUT2D eigenvalue weighted by atomic mass is 9.98. The molecule has 0 aliphatic rings. The van der Waals surface area contributed by atoms with E-state index in [4.69, 9.17) is 10.9 Å². The lowest BCUT2D eigenvalue weighted by molar-refractivity contribution is -0.129. The highest BCUT2D eigenvalue weighted by Gasteiger charge is 2.17. The standard InChI is InChI=1S/C15H24N4O2/c1-3-19(4-2)14(20)11-17-10-13(15(16)18-21)12-8-6-5-7-9-12/h5-9,13,17,21H,3-4,10-11H2,1-2H3,(H2,16,18). The molecule has 0 bridgehead atoms. The summed E-state index contributed by atoms with van der Waals surface area (Å²) in [5, 5.41) is 15.1. The SMILES string of the molecule is CCN(CC)C(=O)CNCC(/C(N)=N/O)c1ccccc1. The lowest BCUT2D eigenvalue weighted by Crippen LogP contribution is -2.40. The monoisotopic (exact) mass is 292 g/mol. The molecule has 0 saturated carbocycles. The predicted molar refractivity (Wildman–Crippen MR) is 83.4 cm³/mol. The van der Waals surface area contributed by atoms with Crippen molar-refractivity contribution in [2.75, 3.05) is 26.2 Å². The van der Waals surface area contributed by atoms with Gasteiger partial charge in [0.15, 0.2) is 0 Å². The molecule has 1 atom stereocenters. The van der Waals surface area contributed by atoms with E-state index in [1.165, 1.54) is 0 Å². The highest BCUT2D eigenvalue weighted by atomic mass is 16.4. The van der Waals surface area contributed by atoms with Crippen LogP contribution in [0, 0.1) is 0 Å². The summed E-state index contributed by atoms with van der Waals surface area (Å²) in [6.45, 7) is 5.96. The molecule has 0 saturated heterocycles. The maximum absolute atomic E-state index is 11.9. The summed E-state index contributed by atoms with van der Waals surface area (Å²) in [6.07, 6.45) is 0. The fourth-order valence-electron chi connectivity index (χ4n) is 2.16. The number of oxime groups is 1. The zero-order valence-electron chi connectivity index (χ0n) is 12.6. The van der Waals surface area contributed by atoms with Crippen molar-refractivity contribution in [2.45, 2.75) is 19.8 Å². The third-order valence-corrected chi connectivity index (χ3v) is 3.42. The molecule has 1 unspecified atom stereocenters. The molecule has 0 aliphatic heterocycles. The average Bonchev–Trinajstić information content (AvgIpc) is 2.53. The fourth-order valence-corrected chi connectivity index (χ4v) is 2.16. The van der Waals surface area contributed by atoms with Gasteiger partial charge in [-0.15, -0.1) is 0 Å². The van der Waals surface area contributed by atoms with E-state index in [9.17, 15) is 4.79 Å². The highest BCUT2D eigenvalue weighted by Crippen LogP contribution is 2.14. The number of nitrogens with two attached hydrogens (primary N) is 1. The van der Waals surface area contributed by atoms with Gasteiger partial charge in [-0.05, 0) is 19.4 Å². The van der Waals surface area contributed by atoms with Gasteiger partial charge >= 0.3 is 0 Å². The second-order valence-corrected chi connectivity index (χ2v) is 4.69. The molecule has 0 aliphatic carbocycles. The summed E-state index contributed by atoms with van der Waals surface area (Å²) in [5.41, 5.74) is 6.68. The Labute approximate surface area is 125 Å². The van der Waals surface area contributed by atoms with Crippen molar-refractivity contribution < 1.29 is 10.0 Å². The first-order chi connectivity index (χ1) is 10.1. The van der Waals surface area contributed by atoms with Gasteiger partial charge in [0.05, 0.1) is 12.5 Å². The largest absolute Gasteiger partial charge is 0.409 e. The summed E-state index contributed by atoms with van der Waals surface area (Å²) in [7, 11) is 0. The van der Waals surface area contributed by atoms with E-state index in [0.29, 0.717) is 19.6 Å². The van der Waals surface area contributed by atoms with Crippen LogP contribution in [-0.2, 0) is 4.79 Å². The first kappa shape index (κ1) is 17.0. The minimum absolute atomic E-state index is 0.0475. The van der Waals surface area contributed by atoms with Gasteiger partial charge in [-0.3, -0.25) is 4.79 Å². The molecule has 0 fully saturated rings. The number of amidine groups is 1. The number of amides is 1. The van der Waals surface area contributed by atoms with Gasteiger partial charge in [0.25, 0.3) is 0 Å². The molecular formula is C15H24N4O2.